The molecule has 2 aromatic carbocycles. The smallest absolute Gasteiger partial charge is 0.271 e. The van der Waals surface area contributed by atoms with Crippen molar-refractivity contribution in [3.8, 4) is 5.69 Å². The SMILES string of the molecule is CCc1ccc(-n2nc(N3CCC(C(=O)NCc4ccc(F)cc4)CC3)ccc2=O)cc1. The number of benzene rings is 2. The first-order valence-corrected chi connectivity index (χ1v) is 11.0. The van der Waals surface area contributed by atoms with Crippen molar-refractivity contribution in [2.24, 2.45) is 5.92 Å². The Morgan fingerprint density at radius 3 is 2.31 bits per heavy atom. The summed E-state index contributed by atoms with van der Waals surface area (Å²) in [7, 11) is 0. The minimum absolute atomic E-state index is 0.0166. The molecule has 0 atom stereocenters. The van der Waals surface area contributed by atoms with Crippen LogP contribution in [0, 0.1) is 11.7 Å². The maximum atomic E-state index is 13.0. The first kappa shape index (κ1) is 21.7. The zero-order valence-corrected chi connectivity index (χ0v) is 18.1. The van der Waals surface area contributed by atoms with Gasteiger partial charge in [0.15, 0.2) is 0 Å². The van der Waals surface area contributed by atoms with E-state index in [1.165, 1.54) is 28.4 Å². The molecular weight excluding hydrogens is 407 g/mol. The van der Waals surface area contributed by atoms with Crippen LogP contribution in [-0.2, 0) is 17.8 Å². The molecule has 3 aromatic rings. The number of halogens is 1. The molecule has 1 fully saturated rings. The fourth-order valence-corrected chi connectivity index (χ4v) is 3.93. The monoisotopic (exact) mass is 434 g/mol. The van der Waals surface area contributed by atoms with Gasteiger partial charge in [-0.3, -0.25) is 9.59 Å². The third-order valence-corrected chi connectivity index (χ3v) is 5.95. The lowest BCUT2D eigenvalue weighted by molar-refractivity contribution is -0.125. The van der Waals surface area contributed by atoms with Crippen LogP contribution in [0.2, 0.25) is 0 Å². The average Bonchev–Trinajstić information content (AvgIpc) is 2.84. The highest BCUT2D eigenvalue weighted by molar-refractivity contribution is 5.79. The summed E-state index contributed by atoms with van der Waals surface area (Å²) in [5.74, 6) is 0.391. The van der Waals surface area contributed by atoms with Gasteiger partial charge in [-0.25, -0.2) is 4.39 Å². The molecule has 0 unspecified atom stereocenters. The Morgan fingerprint density at radius 2 is 1.66 bits per heavy atom. The van der Waals surface area contributed by atoms with E-state index >= 15 is 0 Å². The van der Waals surface area contributed by atoms with E-state index in [9.17, 15) is 14.0 Å². The van der Waals surface area contributed by atoms with Crippen molar-refractivity contribution in [1.82, 2.24) is 15.1 Å². The minimum Gasteiger partial charge on any atom is -0.355 e. The number of aryl methyl sites for hydroxylation is 1. The molecule has 166 valence electrons. The number of hydrogen-bond donors (Lipinski definition) is 1. The first-order valence-electron chi connectivity index (χ1n) is 11.0. The number of anilines is 1. The first-order chi connectivity index (χ1) is 15.5. The maximum Gasteiger partial charge on any atom is 0.271 e. The van der Waals surface area contributed by atoms with Crippen LogP contribution in [-0.4, -0.2) is 28.8 Å². The second kappa shape index (κ2) is 9.77. The second-order valence-corrected chi connectivity index (χ2v) is 8.07. The molecule has 2 heterocycles. The van der Waals surface area contributed by atoms with Crippen LogP contribution < -0.4 is 15.8 Å². The van der Waals surface area contributed by atoms with Gasteiger partial charge in [-0.2, -0.15) is 4.68 Å². The fraction of sp³-hybridized carbons (Fsp3) is 0.320. The molecule has 1 aliphatic heterocycles. The highest BCUT2D eigenvalue weighted by atomic mass is 19.1. The Morgan fingerprint density at radius 1 is 1.00 bits per heavy atom. The lowest BCUT2D eigenvalue weighted by atomic mass is 9.96. The highest BCUT2D eigenvalue weighted by Crippen LogP contribution is 2.22. The van der Waals surface area contributed by atoms with E-state index in [1.807, 2.05) is 24.3 Å². The average molecular weight is 435 g/mol. The van der Waals surface area contributed by atoms with Crippen molar-refractivity contribution in [3.63, 3.8) is 0 Å². The summed E-state index contributed by atoms with van der Waals surface area (Å²) in [4.78, 5) is 27.0. The normalized spacial score (nSPS) is 14.4. The van der Waals surface area contributed by atoms with E-state index in [2.05, 4.69) is 22.2 Å². The molecule has 6 nitrogen and oxygen atoms in total. The lowest BCUT2D eigenvalue weighted by Gasteiger charge is -2.32. The third-order valence-electron chi connectivity index (χ3n) is 5.95. The molecule has 4 rings (SSSR count). The van der Waals surface area contributed by atoms with Crippen molar-refractivity contribution in [1.29, 1.82) is 0 Å². The van der Waals surface area contributed by atoms with Gasteiger partial charge in [0.05, 0.1) is 5.69 Å². The van der Waals surface area contributed by atoms with Gasteiger partial charge in [0.25, 0.3) is 5.56 Å². The molecule has 1 aliphatic rings. The summed E-state index contributed by atoms with van der Waals surface area (Å²) >= 11 is 0. The van der Waals surface area contributed by atoms with Gasteiger partial charge in [-0.1, -0.05) is 31.2 Å². The lowest BCUT2D eigenvalue weighted by Crippen LogP contribution is -2.41. The van der Waals surface area contributed by atoms with Crippen molar-refractivity contribution < 1.29 is 9.18 Å². The molecule has 1 N–H and O–H groups in total. The van der Waals surface area contributed by atoms with Gasteiger partial charge in [0, 0.05) is 31.6 Å². The molecule has 0 radical (unpaired) electrons. The Hall–Kier alpha value is -3.48. The van der Waals surface area contributed by atoms with Crippen LogP contribution in [0.1, 0.15) is 30.9 Å². The zero-order valence-electron chi connectivity index (χ0n) is 18.1. The molecule has 1 saturated heterocycles. The number of rotatable bonds is 6. The van der Waals surface area contributed by atoms with Gasteiger partial charge in [-0.15, -0.1) is 5.10 Å². The van der Waals surface area contributed by atoms with Crippen molar-refractivity contribution in [2.75, 3.05) is 18.0 Å². The number of aromatic nitrogens is 2. The largest absolute Gasteiger partial charge is 0.355 e. The van der Waals surface area contributed by atoms with Crippen molar-refractivity contribution in [3.05, 3.63) is 88.0 Å². The van der Waals surface area contributed by atoms with Crippen LogP contribution in [0.5, 0.6) is 0 Å². The summed E-state index contributed by atoms with van der Waals surface area (Å²) in [6.45, 7) is 3.86. The number of hydrogen-bond acceptors (Lipinski definition) is 4. The van der Waals surface area contributed by atoms with E-state index in [0.29, 0.717) is 32.5 Å². The zero-order chi connectivity index (χ0) is 22.5. The van der Waals surface area contributed by atoms with Crippen molar-refractivity contribution >= 4 is 11.7 Å². The Bertz CT molecular complexity index is 1120. The number of carbonyl (C=O) groups excluding carboxylic acids is 1. The predicted octanol–water partition coefficient (Wildman–Crippen LogP) is 3.47. The second-order valence-electron chi connectivity index (χ2n) is 8.07. The molecule has 0 bridgehead atoms. The van der Waals surface area contributed by atoms with Crippen LogP contribution in [0.15, 0.2) is 65.5 Å². The topological polar surface area (TPSA) is 67.2 Å². The number of piperidine rings is 1. The van der Waals surface area contributed by atoms with Gasteiger partial charge >= 0.3 is 0 Å². The number of carbonyl (C=O) groups is 1. The van der Waals surface area contributed by atoms with Crippen molar-refractivity contribution in [2.45, 2.75) is 32.7 Å². The molecule has 1 aromatic heterocycles. The maximum absolute atomic E-state index is 13.0. The summed E-state index contributed by atoms with van der Waals surface area (Å²) in [5, 5.41) is 7.52. The van der Waals surface area contributed by atoms with E-state index in [1.54, 1.807) is 18.2 Å². The van der Waals surface area contributed by atoms with Gasteiger partial charge in [-0.05, 0) is 60.7 Å². The van der Waals surface area contributed by atoms with E-state index in [4.69, 9.17) is 0 Å². The van der Waals surface area contributed by atoms with E-state index in [0.717, 1.165) is 23.5 Å². The summed E-state index contributed by atoms with van der Waals surface area (Å²) in [6, 6.07) is 17.3. The highest BCUT2D eigenvalue weighted by Gasteiger charge is 2.25. The fourth-order valence-electron chi connectivity index (χ4n) is 3.93. The number of nitrogens with one attached hydrogen (secondary N) is 1. The van der Waals surface area contributed by atoms with Crippen LogP contribution in [0.4, 0.5) is 10.2 Å². The molecular formula is C25H27FN4O2. The molecule has 1 amide bonds. The predicted molar refractivity (Wildman–Crippen MR) is 122 cm³/mol. The summed E-state index contributed by atoms with van der Waals surface area (Å²) in [5.41, 5.74) is 2.64. The summed E-state index contributed by atoms with van der Waals surface area (Å²) < 4.78 is 14.4. The Balaban J connectivity index is 1.36. The molecule has 0 saturated carbocycles. The Labute approximate surface area is 186 Å². The van der Waals surface area contributed by atoms with Gasteiger partial charge < -0.3 is 10.2 Å². The number of nitrogens with zero attached hydrogens (tertiary/aromatic N) is 3. The van der Waals surface area contributed by atoms with Crippen LogP contribution in [0.3, 0.4) is 0 Å². The molecule has 7 heteroatoms. The van der Waals surface area contributed by atoms with E-state index < -0.39 is 0 Å². The standard InChI is InChI=1S/C25H27FN4O2/c1-2-18-5-9-22(10-6-18)30-24(31)12-11-23(28-30)29-15-13-20(14-16-29)25(32)27-17-19-3-7-21(26)8-4-19/h3-12,20H,2,13-17H2,1H3,(H,27,32). The molecule has 0 aliphatic carbocycles. The minimum atomic E-state index is -0.287. The quantitative estimate of drug-likeness (QED) is 0.645. The van der Waals surface area contributed by atoms with Crippen LogP contribution >= 0.6 is 0 Å². The van der Waals surface area contributed by atoms with Crippen LogP contribution in [0.25, 0.3) is 5.69 Å². The Kier molecular flexibility index (Phi) is 6.63. The number of amides is 1. The van der Waals surface area contributed by atoms with Gasteiger partial charge in [0.2, 0.25) is 5.91 Å². The molecule has 0 spiro atoms. The van der Waals surface area contributed by atoms with Gasteiger partial charge in [0.1, 0.15) is 11.6 Å². The summed E-state index contributed by atoms with van der Waals surface area (Å²) in [6.07, 6.45) is 2.36. The third kappa shape index (κ3) is 5.04. The van der Waals surface area contributed by atoms with E-state index in [-0.39, 0.29) is 23.2 Å². The molecule has 32 heavy (non-hydrogen) atoms.